The predicted octanol–water partition coefficient (Wildman–Crippen LogP) is 11.0. The Hall–Kier alpha value is -0.200. The maximum atomic E-state index is 5.33. The van der Waals surface area contributed by atoms with E-state index in [4.69, 9.17) is 5.73 Å². The molecule has 0 aliphatic rings. The zero-order chi connectivity index (χ0) is 25.2. The van der Waals surface area contributed by atoms with Gasteiger partial charge in [-0.15, -0.1) is 0 Å². The van der Waals surface area contributed by atoms with E-state index in [1.807, 2.05) is 0 Å². The summed E-state index contributed by atoms with van der Waals surface area (Å²) in [5.41, 5.74) is 16.2. The first kappa shape index (κ1) is 66.2. The Balaban J connectivity index is -0.0000000401. The molecule has 0 aromatic carbocycles. The maximum absolute atomic E-state index is 5.33. The van der Waals surface area contributed by atoms with Crippen molar-refractivity contribution < 1.29 is 0 Å². The fourth-order valence-electron chi connectivity index (χ4n) is 4.13. The first-order valence-electron chi connectivity index (χ1n) is 11.6. The van der Waals surface area contributed by atoms with E-state index >= 15 is 0 Å². The van der Waals surface area contributed by atoms with E-state index in [2.05, 4.69) is 126 Å². The quantitative estimate of drug-likeness (QED) is 0.0849. The van der Waals surface area contributed by atoms with Gasteiger partial charge >= 0.3 is 0 Å². The minimum atomic E-state index is 0. The average Bonchev–Trinajstić information content (AvgIpc) is 2.51. The third-order valence-electron chi connectivity index (χ3n) is 4.19. The van der Waals surface area contributed by atoms with Crippen molar-refractivity contribution in [3.8, 4) is 0 Å². The molecule has 0 fully saturated rings. The van der Waals surface area contributed by atoms with E-state index in [1.165, 1.54) is 19.3 Å². The van der Waals surface area contributed by atoms with Crippen LogP contribution in [0.3, 0.4) is 0 Å². The van der Waals surface area contributed by atoms with Gasteiger partial charge in [-0.1, -0.05) is 161 Å². The predicted molar refractivity (Wildman–Crippen MR) is 194 cm³/mol. The highest BCUT2D eigenvalue weighted by atomic mass is 79.9. The molecule has 0 amide bonds. The molecule has 0 heterocycles. The Kier molecular flexibility index (Phi) is 60.7. The molecular formula is C33H85BrN4. The third kappa shape index (κ3) is 65.1. The standard InChI is InChI=1S/C13H28N2.C12H23Br.CH6N2.7CH4/c1-12(2,3)10-13(4,5)8-6-7-9-15-11-14;1-11(2,3)10-12(4,5)8-6-7-9-13;2-1-3;;;;;;;/h6-7,15H,8-11,14H2,1-5H3;6-7H,8-10H2,1-5H3;1-3H2;7*1H4. The fourth-order valence-corrected chi connectivity index (χ4v) is 4.40. The lowest BCUT2D eigenvalue weighted by atomic mass is 9.74. The molecule has 0 unspecified atom stereocenters. The lowest BCUT2D eigenvalue weighted by molar-refractivity contribution is 0.214. The van der Waals surface area contributed by atoms with Gasteiger partial charge in [0.15, 0.2) is 0 Å². The minimum Gasteiger partial charge on any atom is -0.319 e. The van der Waals surface area contributed by atoms with Crippen molar-refractivity contribution in [2.24, 2.45) is 38.9 Å². The topological polar surface area (TPSA) is 90.1 Å². The molecule has 0 rings (SSSR count). The van der Waals surface area contributed by atoms with Gasteiger partial charge in [0.05, 0.1) is 0 Å². The van der Waals surface area contributed by atoms with Gasteiger partial charge in [0.2, 0.25) is 0 Å². The monoisotopic (exact) mass is 617 g/mol. The molecule has 38 heavy (non-hydrogen) atoms. The van der Waals surface area contributed by atoms with E-state index in [1.54, 1.807) is 0 Å². The van der Waals surface area contributed by atoms with Crippen molar-refractivity contribution in [1.29, 1.82) is 0 Å². The number of allylic oxidation sites excluding steroid dienone is 3. The second kappa shape index (κ2) is 34.8. The molecule has 4 nitrogen and oxygen atoms in total. The molecule has 0 aliphatic carbocycles. The number of nitrogens with one attached hydrogen (secondary N) is 1. The summed E-state index contributed by atoms with van der Waals surface area (Å²) in [6, 6.07) is 0. The average molecular weight is 618 g/mol. The highest BCUT2D eigenvalue weighted by Gasteiger charge is 2.24. The molecule has 0 spiro atoms. The van der Waals surface area contributed by atoms with Crippen molar-refractivity contribution in [2.45, 2.75) is 147 Å². The molecule has 0 aromatic heterocycles. The van der Waals surface area contributed by atoms with Crippen molar-refractivity contribution in [3.05, 3.63) is 24.3 Å². The van der Waals surface area contributed by atoms with Gasteiger partial charge in [0, 0.05) is 25.2 Å². The molecule has 0 atom stereocenters. The van der Waals surface area contributed by atoms with E-state index in [0.717, 1.165) is 18.3 Å². The molecule has 0 bridgehead atoms. The van der Waals surface area contributed by atoms with Gasteiger partial charge in [0.25, 0.3) is 0 Å². The summed E-state index contributed by atoms with van der Waals surface area (Å²) in [7, 11) is 0. The Bertz CT molecular complexity index is 457. The van der Waals surface area contributed by atoms with Crippen LogP contribution in [0.25, 0.3) is 0 Å². The van der Waals surface area contributed by atoms with Crippen LogP contribution in [0, 0.1) is 21.7 Å². The van der Waals surface area contributed by atoms with Gasteiger partial charge in [-0.05, 0) is 47.3 Å². The van der Waals surface area contributed by atoms with Crippen molar-refractivity contribution in [1.82, 2.24) is 5.32 Å². The number of alkyl halides is 1. The molecule has 5 heteroatoms. The lowest BCUT2D eigenvalue weighted by Gasteiger charge is -2.31. The zero-order valence-electron chi connectivity index (χ0n) is 22.6. The third-order valence-corrected chi connectivity index (χ3v) is 4.56. The normalized spacial score (nSPS) is 10.7. The van der Waals surface area contributed by atoms with Crippen molar-refractivity contribution in [3.63, 3.8) is 0 Å². The molecule has 7 N–H and O–H groups in total. The maximum Gasteiger partial charge on any atom is 0.0431 e. The van der Waals surface area contributed by atoms with Gasteiger partial charge in [-0.2, -0.15) is 0 Å². The Morgan fingerprint density at radius 3 is 1.08 bits per heavy atom. The van der Waals surface area contributed by atoms with Gasteiger partial charge in [0.1, 0.15) is 0 Å². The number of hydrogen-bond donors (Lipinski definition) is 4. The van der Waals surface area contributed by atoms with Crippen molar-refractivity contribution in [2.75, 3.05) is 25.2 Å². The number of nitrogens with two attached hydrogens (primary N) is 3. The van der Waals surface area contributed by atoms with Crippen LogP contribution in [0.5, 0.6) is 0 Å². The van der Waals surface area contributed by atoms with Crippen LogP contribution >= 0.6 is 15.9 Å². The van der Waals surface area contributed by atoms with Crippen LogP contribution < -0.4 is 22.5 Å². The highest BCUT2D eigenvalue weighted by molar-refractivity contribution is 9.09. The summed E-state index contributed by atoms with van der Waals surface area (Å²) in [6.07, 6.45) is 13.7. The Labute approximate surface area is 256 Å². The molecule has 0 saturated heterocycles. The first-order chi connectivity index (χ1) is 13.9. The lowest BCUT2D eigenvalue weighted by Crippen LogP contribution is -2.22. The van der Waals surface area contributed by atoms with Crippen LogP contribution in [0.15, 0.2) is 24.3 Å². The largest absolute Gasteiger partial charge is 0.319 e. The smallest absolute Gasteiger partial charge is 0.0431 e. The summed E-state index contributed by atoms with van der Waals surface area (Å²) in [6.45, 7) is 24.9. The molecular weight excluding hydrogens is 532 g/mol. The van der Waals surface area contributed by atoms with Crippen LogP contribution in [0.1, 0.15) is 147 Å². The summed E-state index contributed by atoms with van der Waals surface area (Å²) in [5, 5.41) is 4.04. The van der Waals surface area contributed by atoms with Crippen LogP contribution in [0.2, 0.25) is 0 Å². The van der Waals surface area contributed by atoms with Gasteiger partial charge in [-0.25, -0.2) is 0 Å². The van der Waals surface area contributed by atoms with E-state index in [9.17, 15) is 0 Å². The second-order valence-corrected chi connectivity index (χ2v) is 12.9. The zero-order valence-corrected chi connectivity index (χ0v) is 24.2. The molecule has 0 aliphatic heterocycles. The molecule has 244 valence electrons. The second-order valence-electron chi connectivity index (χ2n) is 12.2. The number of rotatable bonds is 10. The fraction of sp³-hybridized carbons (Fsp3) is 0.879. The highest BCUT2D eigenvalue weighted by Crippen LogP contribution is 2.36. The van der Waals surface area contributed by atoms with E-state index in [0.29, 0.717) is 28.3 Å². The number of hydrogen-bond acceptors (Lipinski definition) is 4. The summed E-state index contributed by atoms with van der Waals surface area (Å²) in [5.74, 6) is 0. The van der Waals surface area contributed by atoms with Crippen LogP contribution in [-0.2, 0) is 0 Å². The minimum absolute atomic E-state index is 0. The van der Waals surface area contributed by atoms with Crippen LogP contribution in [-0.4, -0.2) is 25.2 Å². The van der Waals surface area contributed by atoms with Gasteiger partial charge in [-0.3, -0.25) is 0 Å². The Morgan fingerprint density at radius 1 is 0.553 bits per heavy atom. The molecule has 0 aromatic rings. The van der Waals surface area contributed by atoms with E-state index < -0.39 is 0 Å². The Morgan fingerprint density at radius 2 is 0.842 bits per heavy atom. The molecule has 0 radical (unpaired) electrons. The van der Waals surface area contributed by atoms with Crippen molar-refractivity contribution >= 4 is 15.9 Å². The van der Waals surface area contributed by atoms with Gasteiger partial charge < -0.3 is 22.5 Å². The number of halogens is 1. The summed E-state index contributed by atoms with van der Waals surface area (Å²) >= 11 is 3.39. The summed E-state index contributed by atoms with van der Waals surface area (Å²) in [4.78, 5) is 0. The molecule has 0 saturated carbocycles. The first-order valence-corrected chi connectivity index (χ1v) is 12.7. The van der Waals surface area contributed by atoms with Crippen LogP contribution in [0.4, 0.5) is 0 Å². The summed E-state index contributed by atoms with van der Waals surface area (Å²) < 4.78 is 0. The SMILES string of the molecule is C.C.C.C.C.C.C.CC(C)(C)CC(C)(C)CC=CCBr.CC(C)(C)CC(C)(C)CC=CCNCN.NCN. The van der Waals surface area contributed by atoms with E-state index in [-0.39, 0.29) is 58.7 Å².